The second-order valence-corrected chi connectivity index (χ2v) is 5.48. The first-order valence-electron chi connectivity index (χ1n) is 7.61. The van der Waals surface area contributed by atoms with E-state index < -0.39 is 0 Å². The molecule has 0 unspecified atom stereocenters. The zero-order valence-corrected chi connectivity index (χ0v) is 12.6. The minimum atomic E-state index is 0.0671. The first kappa shape index (κ1) is 15.3. The van der Waals surface area contributed by atoms with Crippen LogP contribution in [0.25, 0.3) is 0 Å². The molecule has 0 fully saturated rings. The van der Waals surface area contributed by atoms with Crippen LogP contribution in [0.1, 0.15) is 30.9 Å². The third-order valence-electron chi connectivity index (χ3n) is 3.70. The molecule has 21 heavy (non-hydrogen) atoms. The average Bonchev–Trinajstić information content (AvgIpc) is 2.54. The molecule has 1 N–H and O–H groups in total. The Kier molecular flexibility index (Phi) is 6.01. The summed E-state index contributed by atoms with van der Waals surface area (Å²) in [6, 6.07) is 20.5. The van der Waals surface area contributed by atoms with Gasteiger partial charge in [-0.2, -0.15) is 0 Å². The van der Waals surface area contributed by atoms with Gasteiger partial charge in [0.15, 0.2) is 0 Å². The normalized spacial score (nSPS) is 11.9. The topological polar surface area (TPSA) is 29.1 Å². The standard InChI is InChI=1S/C19H23NO/c1-16(9-8-14-17-10-4-2-5-11-17)19(21)20-15-18-12-6-3-7-13-18/h2-7,10-13,16H,8-9,14-15H2,1H3,(H,20,21)/t16-/m1/s1. The van der Waals surface area contributed by atoms with Crippen LogP contribution in [0.4, 0.5) is 0 Å². The van der Waals surface area contributed by atoms with E-state index in [1.807, 2.05) is 43.3 Å². The van der Waals surface area contributed by atoms with E-state index in [9.17, 15) is 4.79 Å². The zero-order chi connectivity index (χ0) is 14.9. The molecular weight excluding hydrogens is 258 g/mol. The summed E-state index contributed by atoms with van der Waals surface area (Å²) in [5, 5.41) is 3.01. The number of rotatable bonds is 7. The zero-order valence-electron chi connectivity index (χ0n) is 12.6. The third-order valence-corrected chi connectivity index (χ3v) is 3.70. The quantitative estimate of drug-likeness (QED) is 0.817. The lowest BCUT2D eigenvalue weighted by atomic mass is 10.0. The molecule has 2 rings (SSSR count). The highest BCUT2D eigenvalue weighted by Gasteiger charge is 2.11. The van der Waals surface area contributed by atoms with Crippen molar-refractivity contribution < 1.29 is 4.79 Å². The largest absolute Gasteiger partial charge is 0.352 e. The Morgan fingerprint density at radius 3 is 2.14 bits per heavy atom. The van der Waals surface area contributed by atoms with Crippen LogP contribution in [0, 0.1) is 5.92 Å². The van der Waals surface area contributed by atoms with Crippen molar-refractivity contribution >= 4 is 5.91 Å². The third kappa shape index (κ3) is 5.42. The van der Waals surface area contributed by atoms with Crippen molar-refractivity contribution in [1.29, 1.82) is 0 Å². The summed E-state index contributed by atoms with van der Waals surface area (Å²) in [6.45, 7) is 2.62. The minimum absolute atomic E-state index is 0.0671. The molecule has 0 saturated carbocycles. The molecule has 0 bridgehead atoms. The van der Waals surface area contributed by atoms with Crippen LogP contribution in [0.15, 0.2) is 60.7 Å². The highest BCUT2D eigenvalue weighted by atomic mass is 16.1. The molecule has 1 atom stereocenters. The molecule has 0 spiro atoms. The molecule has 2 aromatic rings. The van der Waals surface area contributed by atoms with E-state index in [0.717, 1.165) is 24.8 Å². The Balaban J connectivity index is 1.68. The SMILES string of the molecule is C[C@H](CCCc1ccccc1)C(=O)NCc1ccccc1. The number of nitrogens with one attached hydrogen (secondary N) is 1. The van der Waals surface area contributed by atoms with Crippen molar-refractivity contribution in [3.63, 3.8) is 0 Å². The van der Waals surface area contributed by atoms with Crippen LogP contribution in [0.2, 0.25) is 0 Å². The van der Waals surface area contributed by atoms with Gasteiger partial charge in [0, 0.05) is 12.5 Å². The van der Waals surface area contributed by atoms with Crippen LogP contribution in [-0.4, -0.2) is 5.91 Å². The van der Waals surface area contributed by atoms with E-state index in [4.69, 9.17) is 0 Å². The van der Waals surface area contributed by atoms with E-state index >= 15 is 0 Å². The molecule has 0 aromatic heterocycles. The van der Waals surface area contributed by atoms with Crippen LogP contribution in [-0.2, 0) is 17.8 Å². The molecular formula is C19H23NO. The van der Waals surface area contributed by atoms with Crippen molar-refractivity contribution in [3.05, 3.63) is 71.8 Å². The summed E-state index contributed by atoms with van der Waals surface area (Å²) < 4.78 is 0. The molecule has 0 aliphatic rings. The fourth-order valence-corrected chi connectivity index (χ4v) is 2.35. The van der Waals surface area contributed by atoms with E-state index in [1.54, 1.807) is 0 Å². The van der Waals surface area contributed by atoms with Gasteiger partial charge in [-0.25, -0.2) is 0 Å². The molecule has 0 aliphatic heterocycles. The Morgan fingerprint density at radius 1 is 0.952 bits per heavy atom. The van der Waals surface area contributed by atoms with E-state index in [1.165, 1.54) is 5.56 Å². The molecule has 2 heteroatoms. The monoisotopic (exact) mass is 281 g/mol. The molecule has 2 nitrogen and oxygen atoms in total. The van der Waals surface area contributed by atoms with Gasteiger partial charge in [0.1, 0.15) is 0 Å². The number of carbonyl (C=O) groups is 1. The van der Waals surface area contributed by atoms with Crippen LogP contribution in [0.5, 0.6) is 0 Å². The Morgan fingerprint density at radius 2 is 1.52 bits per heavy atom. The number of hydrogen-bond acceptors (Lipinski definition) is 1. The summed E-state index contributed by atoms with van der Waals surface area (Å²) in [7, 11) is 0. The maximum Gasteiger partial charge on any atom is 0.223 e. The molecule has 110 valence electrons. The smallest absolute Gasteiger partial charge is 0.223 e. The molecule has 0 saturated heterocycles. The Hall–Kier alpha value is -2.09. The van der Waals surface area contributed by atoms with Crippen LogP contribution >= 0.6 is 0 Å². The van der Waals surface area contributed by atoms with Gasteiger partial charge in [0.05, 0.1) is 0 Å². The highest BCUT2D eigenvalue weighted by Crippen LogP contribution is 2.11. The summed E-state index contributed by atoms with van der Waals surface area (Å²) >= 11 is 0. The summed E-state index contributed by atoms with van der Waals surface area (Å²) in [5.74, 6) is 0.212. The molecule has 2 aromatic carbocycles. The van der Waals surface area contributed by atoms with Crippen molar-refractivity contribution in [1.82, 2.24) is 5.32 Å². The van der Waals surface area contributed by atoms with E-state index in [-0.39, 0.29) is 11.8 Å². The predicted octanol–water partition coefficient (Wildman–Crippen LogP) is 3.96. The molecule has 0 aliphatic carbocycles. The Labute approximate surface area is 127 Å². The van der Waals surface area contributed by atoms with Gasteiger partial charge in [0.2, 0.25) is 5.91 Å². The van der Waals surface area contributed by atoms with Gasteiger partial charge in [-0.3, -0.25) is 4.79 Å². The van der Waals surface area contributed by atoms with Crippen molar-refractivity contribution in [3.8, 4) is 0 Å². The number of carbonyl (C=O) groups excluding carboxylic acids is 1. The molecule has 0 radical (unpaired) electrons. The van der Waals surface area contributed by atoms with E-state index in [0.29, 0.717) is 6.54 Å². The van der Waals surface area contributed by atoms with Crippen LogP contribution in [0.3, 0.4) is 0 Å². The average molecular weight is 281 g/mol. The predicted molar refractivity (Wildman–Crippen MR) is 86.8 cm³/mol. The minimum Gasteiger partial charge on any atom is -0.352 e. The van der Waals surface area contributed by atoms with Crippen LogP contribution < -0.4 is 5.32 Å². The Bertz CT molecular complexity index is 536. The van der Waals surface area contributed by atoms with Gasteiger partial charge < -0.3 is 5.32 Å². The summed E-state index contributed by atoms with van der Waals surface area (Å²) in [6.07, 6.45) is 3.01. The first-order valence-corrected chi connectivity index (χ1v) is 7.61. The fourth-order valence-electron chi connectivity index (χ4n) is 2.35. The van der Waals surface area contributed by atoms with Crippen molar-refractivity contribution in [2.45, 2.75) is 32.7 Å². The lowest BCUT2D eigenvalue weighted by Crippen LogP contribution is -2.28. The van der Waals surface area contributed by atoms with Crippen molar-refractivity contribution in [2.75, 3.05) is 0 Å². The van der Waals surface area contributed by atoms with Gasteiger partial charge in [0.25, 0.3) is 0 Å². The van der Waals surface area contributed by atoms with E-state index in [2.05, 4.69) is 29.6 Å². The summed E-state index contributed by atoms with van der Waals surface area (Å²) in [5.41, 5.74) is 2.48. The molecule has 0 heterocycles. The number of benzene rings is 2. The maximum atomic E-state index is 12.0. The fraction of sp³-hybridized carbons (Fsp3) is 0.316. The second kappa shape index (κ2) is 8.25. The van der Waals surface area contributed by atoms with Gasteiger partial charge in [-0.15, -0.1) is 0 Å². The maximum absolute atomic E-state index is 12.0. The number of hydrogen-bond donors (Lipinski definition) is 1. The highest BCUT2D eigenvalue weighted by molar-refractivity contribution is 5.78. The van der Waals surface area contributed by atoms with Gasteiger partial charge in [-0.05, 0) is 30.4 Å². The number of amides is 1. The lowest BCUT2D eigenvalue weighted by molar-refractivity contribution is -0.124. The second-order valence-electron chi connectivity index (χ2n) is 5.48. The van der Waals surface area contributed by atoms with Gasteiger partial charge in [-0.1, -0.05) is 67.6 Å². The van der Waals surface area contributed by atoms with Gasteiger partial charge >= 0.3 is 0 Å². The molecule has 1 amide bonds. The van der Waals surface area contributed by atoms with Crippen molar-refractivity contribution in [2.24, 2.45) is 5.92 Å². The summed E-state index contributed by atoms with van der Waals surface area (Å²) in [4.78, 5) is 12.0. The number of aryl methyl sites for hydroxylation is 1. The lowest BCUT2D eigenvalue weighted by Gasteiger charge is -2.12. The first-order chi connectivity index (χ1) is 10.3.